The number of nitrogen functional groups attached to an aromatic ring is 1. The number of amides is 1. The zero-order valence-corrected chi connectivity index (χ0v) is 10.6. The highest BCUT2D eigenvalue weighted by molar-refractivity contribution is 7.91. The Morgan fingerprint density at radius 1 is 1.22 bits per heavy atom. The lowest BCUT2D eigenvalue weighted by Crippen LogP contribution is -2.40. The number of hydrogen-bond donors (Lipinski definition) is 2. The zero-order valence-electron chi connectivity index (χ0n) is 9.80. The van der Waals surface area contributed by atoms with Gasteiger partial charge in [0, 0.05) is 18.7 Å². The minimum atomic E-state index is -2.94. The predicted molar refractivity (Wildman–Crippen MR) is 70.2 cm³/mol. The highest BCUT2D eigenvalue weighted by Gasteiger charge is 2.23. The van der Waals surface area contributed by atoms with Crippen molar-refractivity contribution in [2.75, 3.05) is 35.2 Å². The predicted octanol–water partition coefficient (Wildman–Crippen LogP) is -0.397. The van der Waals surface area contributed by atoms with Gasteiger partial charge >= 0.3 is 0 Å². The lowest BCUT2D eigenvalue weighted by Gasteiger charge is -2.29. The number of carbonyl (C=O) groups is 1. The summed E-state index contributed by atoms with van der Waals surface area (Å²) in [6, 6.07) is 4.77. The molecule has 98 valence electrons. The van der Waals surface area contributed by atoms with Crippen LogP contribution in [0.15, 0.2) is 18.2 Å². The van der Waals surface area contributed by atoms with Crippen molar-refractivity contribution in [1.29, 1.82) is 0 Å². The molecule has 1 aliphatic heterocycles. The molecule has 1 saturated heterocycles. The summed E-state index contributed by atoms with van der Waals surface area (Å²) in [7, 11) is -2.94. The summed E-state index contributed by atoms with van der Waals surface area (Å²) in [4.78, 5) is 13.0. The number of hydrogen-bond acceptors (Lipinski definition) is 5. The normalized spacial score (nSPS) is 18.6. The lowest BCUT2D eigenvalue weighted by molar-refractivity contribution is 0.100. The van der Waals surface area contributed by atoms with Gasteiger partial charge in [-0.1, -0.05) is 0 Å². The first-order valence-corrected chi connectivity index (χ1v) is 7.36. The molecule has 1 aliphatic rings. The topological polar surface area (TPSA) is 106 Å². The minimum absolute atomic E-state index is 0.104. The summed E-state index contributed by atoms with van der Waals surface area (Å²) in [5.74, 6) is -0.318. The maximum Gasteiger partial charge on any atom is 0.248 e. The van der Waals surface area contributed by atoms with Gasteiger partial charge in [-0.15, -0.1) is 0 Å². The Morgan fingerprint density at radius 2 is 1.83 bits per heavy atom. The van der Waals surface area contributed by atoms with Crippen molar-refractivity contribution < 1.29 is 13.2 Å². The molecule has 1 heterocycles. The standard InChI is InChI=1S/C11H15N3O3S/c12-9-2-1-8(11(13)15)7-10(9)14-3-5-18(16,17)6-4-14/h1-2,7H,3-6,12H2,(H2,13,15). The highest BCUT2D eigenvalue weighted by atomic mass is 32.2. The molecule has 6 nitrogen and oxygen atoms in total. The van der Waals surface area contributed by atoms with Gasteiger partial charge in [0.05, 0.1) is 22.9 Å². The van der Waals surface area contributed by atoms with E-state index in [1.54, 1.807) is 18.2 Å². The fourth-order valence-electron chi connectivity index (χ4n) is 1.92. The smallest absolute Gasteiger partial charge is 0.248 e. The maximum atomic E-state index is 11.4. The summed E-state index contributed by atoms with van der Waals surface area (Å²) in [5.41, 5.74) is 12.6. The molecule has 0 unspecified atom stereocenters. The molecule has 0 atom stereocenters. The average molecular weight is 269 g/mol. The number of nitrogens with zero attached hydrogens (tertiary/aromatic N) is 1. The number of nitrogens with two attached hydrogens (primary N) is 2. The molecule has 1 aromatic rings. The minimum Gasteiger partial charge on any atom is -0.397 e. The lowest BCUT2D eigenvalue weighted by atomic mass is 10.1. The van der Waals surface area contributed by atoms with Crippen molar-refractivity contribution in [3.8, 4) is 0 Å². The highest BCUT2D eigenvalue weighted by Crippen LogP contribution is 2.26. The number of sulfone groups is 1. The Kier molecular flexibility index (Phi) is 3.16. The quantitative estimate of drug-likeness (QED) is 0.711. The zero-order chi connectivity index (χ0) is 13.3. The van der Waals surface area contributed by atoms with E-state index in [4.69, 9.17) is 11.5 Å². The van der Waals surface area contributed by atoms with Crippen LogP contribution < -0.4 is 16.4 Å². The van der Waals surface area contributed by atoms with Crippen LogP contribution in [0.4, 0.5) is 11.4 Å². The summed E-state index contributed by atoms with van der Waals surface area (Å²) in [5, 5.41) is 0. The molecule has 0 bridgehead atoms. The second kappa shape index (κ2) is 4.49. The van der Waals surface area contributed by atoms with Crippen molar-refractivity contribution in [3.05, 3.63) is 23.8 Å². The van der Waals surface area contributed by atoms with Crippen LogP contribution in [0.5, 0.6) is 0 Å². The van der Waals surface area contributed by atoms with Crippen LogP contribution in [0.25, 0.3) is 0 Å². The Bertz CT molecular complexity index is 569. The van der Waals surface area contributed by atoms with Crippen molar-refractivity contribution in [3.63, 3.8) is 0 Å². The van der Waals surface area contributed by atoms with E-state index in [2.05, 4.69) is 0 Å². The Hall–Kier alpha value is -1.76. The van der Waals surface area contributed by atoms with Gasteiger partial charge in [0.25, 0.3) is 0 Å². The molecule has 7 heteroatoms. The second-order valence-corrected chi connectivity index (χ2v) is 6.58. The first kappa shape index (κ1) is 12.7. The summed E-state index contributed by atoms with van der Waals surface area (Å²) in [6.07, 6.45) is 0. The molecule has 0 aliphatic carbocycles. The van der Waals surface area contributed by atoms with Gasteiger partial charge < -0.3 is 16.4 Å². The fraction of sp³-hybridized carbons (Fsp3) is 0.364. The summed E-state index contributed by atoms with van der Waals surface area (Å²) < 4.78 is 22.7. The first-order valence-electron chi connectivity index (χ1n) is 5.54. The molecule has 1 amide bonds. The first-order chi connectivity index (χ1) is 8.39. The molecule has 0 radical (unpaired) electrons. The monoisotopic (exact) mass is 269 g/mol. The Morgan fingerprint density at radius 3 is 2.39 bits per heavy atom. The van der Waals surface area contributed by atoms with Gasteiger partial charge in [-0.2, -0.15) is 0 Å². The van der Waals surface area contributed by atoms with Crippen LogP contribution in [-0.4, -0.2) is 38.9 Å². The molecule has 4 N–H and O–H groups in total. The molecule has 0 aromatic heterocycles. The van der Waals surface area contributed by atoms with Crippen LogP contribution in [0.3, 0.4) is 0 Å². The molecule has 0 spiro atoms. The van der Waals surface area contributed by atoms with Gasteiger partial charge in [-0.3, -0.25) is 4.79 Å². The molecule has 1 aromatic carbocycles. The van der Waals surface area contributed by atoms with Crippen LogP contribution in [0.1, 0.15) is 10.4 Å². The SMILES string of the molecule is NC(=O)c1ccc(N)c(N2CCS(=O)(=O)CC2)c1. The van der Waals surface area contributed by atoms with Gasteiger partial charge in [-0.25, -0.2) is 8.42 Å². The summed E-state index contributed by atoms with van der Waals surface area (Å²) >= 11 is 0. The van der Waals surface area contributed by atoms with E-state index >= 15 is 0 Å². The third kappa shape index (κ3) is 2.56. The summed E-state index contributed by atoms with van der Waals surface area (Å²) in [6.45, 7) is 0.767. The van der Waals surface area contributed by atoms with Gasteiger partial charge in [0.15, 0.2) is 9.84 Å². The molecule has 18 heavy (non-hydrogen) atoms. The van der Waals surface area contributed by atoms with E-state index in [0.29, 0.717) is 30.0 Å². The van der Waals surface area contributed by atoms with Crippen LogP contribution in [0, 0.1) is 0 Å². The van der Waals surface area contributed by atoms with E-state index in [0.717, 1.165) is 0 Å². The van der Waals surface area contributed by atoms with Crippen LogP contribution in [-0.2, 0) is 9.84 Å². The Balaban J connectivity index is 2.28. The second-order valence-electron chi connectivity index (χ2n) is 4.28. The molecular formula is C11H15N3O3S. The van der Waals surface area contributed by atoms with Crippen LogP contribution >= 0.6 is 0 Å². The molecular weight excluding hydrogens is 254 g/mol. The number of carbonyl (C=O) groups excluding carboxylic acids is 1. The van der Waals surface area contributed by atoms with Crippen molar-refractivity contribution in [2.45, 2.75) is 0 Å². The van der Waals surface area contributed by atoms with E-state index in [-0.39, 0.29) is 11.5 Å². The van der Waals surface area contributed by atoms with E-state index in [1.807, 2.05) is 4.90 Å². The van der Waals surface area contributed by atoms with Crippen molar-refractivity contribution in [1.82, 2.24) is 0 Å². The van der Waals surface area contributed by atoms with Gasteiger partial charge in [0.1, 0.15) is 0 Å². The average Bonchev–Trinajstić information content (AvgIpc) is 2.30. The van der Waals surface area contributed by atoms with Crippen molar-refractivity contribution in [2.24, 2.45) is 5.73 Å². The number of anilines is 2. The van der Waals surface area contributed by atoms with E-state index in [9.17, 15) is 13.2 Å². The number of rotatable bonds is 2. The Labute approximate surface area is 105 Å². The van der Waals surface area contributed by atoms with Crippen molar-refractivity contribution >= 4 is 27.1 Å². The fourth-order valence-corrected chi connectivity index (χ4v) is 3.13. The maximum absolute atomic E-state index is 11.4. The molecule has 1 fully saturated rings. The van der Waals surface area contributed by atoms with Crippen LogP contribution in [0.2, 0.25) is 0 Å². The number of primary amides is 1. The molecule has 2 rings (SSSR count). The third-order valence-corrected chi connectivity index (χ3v) is 4.61. The largest absolute Gasteiger partial charge is 0.397 e. The molecule has 0 saturated carbocycles. The van der Waals surface area contributed by atoms with Gasteiger partial charge in [-0.05, 0) is 18.2 Å². The third-order valence-electron chi connectivity index (χ3n) is 3.00. The van der Waals surface area contributed by atoms with E-state index in [1.165, 1.54) is 0 Å². The van der Waals surface area contributed by atoms with Gasteiger partial charge in [0.2, 0.25) is 5.91 Å². The number of benzene rings is 1. The van der Waals surface area contributed by atoms with E-state index < -0.39 is 15.7 Å².